The average Bonchev–Trinajstić information content (AvgIpc) is 2.65. The predicted octanol–water partition coefficient (Wildman–Crippen LogP) is 6.37. The number of alkyl halides is 6. The third-order valence-electron chi connectivity index (χ3n) is 3.89. The summed E-state index contributed by atoms with van der Waals surface area (Å²) in [6.45, 7) is 2.66. The van der Waals surface area contributed by atoms with Crippen molar-refractivity contribution in [2.24, 2.45) is 5.92 Å². The molecule has 0 saturated heterocycles. The number of aromatic nitrogens is 1. The number of nitrogens with one attached hydrogen (secondary N) is 1. The van der Waals surface area contributed by atoms with Gasteiger partial charge in [-0.2, -0.15) is 26.3 Å². The van der Waals surface area contributed by atoms with Crippen molar-refractivity contribution in [1.82, 2.24) is 4.98 Å². The van der Waals surface area contributed by atoms with Crippen LogP contribution in [0.15, 0.2) is 18.3 Å². The molecular weight excluding hydrogens is 490 g/mol. The molecule has 1 N–H and O–H groups in total. The first-order chi connectivity index (χ1) is 15.0. The minimum absolute atomic E-state index is 0.0168. The second kappa shape index (κ2) is 9.25. The number of nitro groups is 2. The standard InChI is InChI=1S/C17H13ClF6N4O5/c1-7(2)6-33-14-9(17(22,23)24)4-11(27(29)30)12(13(14)28(31)32)26-15-10(18)3-8(5-25-15)16(19,20)21/h3-5,7H,6H2,1-2H3,(H,25,26). The molecule has 0 atom stereocenters. The highest BCUT2D eigenvalue weighted by molar-refractivity contribution is 6.33. The summed E-state index contributed by atoms with van der Waals surface area (Å²) < 4.78 is 84.1. The van der Waals surface area contributed by atoms with Crippen molar-refractivity contribution in [2.75, 3.05) is 11.9 Å². The van der Waals surface area contributed by atoms with Crippen molar-refractivity contribution in [3.05, 3.63) is 54.7 Å². The van der Waals surface area contributed by atoms with Crippen LogP contribution in [0.3, 0.4) is 0 Å². The van der Waals surface area contributed by atoms with Gasteiger partial charge >= 0.3 is 23.7 Å². The molecule has 0 aliphatic carbocycles. The Morgan fingerprint density at radius 3 is 2.12 bits per heavy atom. The second-order valence-electron chi connectivity index (χ2n) is 6.89. The maximum absolute atomic E-state index is 13.6. The fourth-order valence-electron chi connectivity index (χ4n) is 2.49. The fourth-order valence-corrected chi connectivity index (χ4v) is 2.70. The summed E-state index contributed by atoms with van der Waals surface area (Å²) in [5.74, 6) is -2.40. The predicted molar refractivity (Wildman–Crippen MR) is 103 cm³/mol. The van der Waals surface area contributed by atoms with Gasteiger partial charge in [0.1, 0.15) is 11.4 Å². The van der Waals surface area contributed by atoms with Gasteiger partial charge in [-0.05, 0) is 12.0 Å². The van der Waals surface area contributed by atoms with Crippen LogP contribution in [0.4, 0.5) is 49.2 Å². The van der Waals surface area contributed by atoms with Crippen LogP contribution in [0.1, 0.15) is 25.0 Å². The van der Waals surface area contributed by atoms with E-state index in [2.05, 4.69) is 4.98 Å². The van der Waals surface area contributed by atoms with Crippen LogP contribution in [-0.4, -0.2) is 21.4 Å². The number of hydrogen-bond donors (Lipinski definition) is 1. The smallest absolute Gasteiger partial charge is 0.420 e. The van der Waals surface area contributed by atoms with Gasteiger partial charge in [0.15, 0.2) is 0 Å². The Labute approximate surface area is 185 Å². The number of ether oxygens (including phenoxy) is 1. The highest BCUT2D eigenvalue weighted by Crippen LogP contribution is 2.50. The molecule has 0 saturated carbocycles. The maximum atomic E-state index is 13.6. The van der Waals surface area contributed by atoms with Crippen LogP contribution in [0, 0.1) is 26.1 Å². The van der Waals surface area contributed by atoms with E-state index < -0.39 is 73.6 Å². The van der Waals surface area contributed by atoms with E-state index >= 15 is 0 Å². The zero-order valence-electron chi connectivity index (χ0n) is 16.5. The SMILES string of the molecule is CC(C)COc1c(C(F)(F)F)cc([N+](=O)[O-])c(Nc2ncc(C(F)(F)F)cc2Cl)c1[N+](=O)[O-]. The Bertz CT molecular complexity index is 1090. The monoisotopic (exact) mass is 502 g/mol. The van der Waals surface area contributed by atoms with Crippen LogP contribution in [0.2, 0.25) is 5.02 Å². The van der Waals surface area contributed by atoms with E-state index in [-0.39, 0.29) is 18.2 Å². The normalized spacial score (nSPS) is 12.1. The molecule has 2 aromatic rings. The third-order valence-corrected chi connectivity index (χ3v) is 4.18. The lowest BCUT2D eigenvalue weighted by Gasteiger charge is -2.18. The molecule has 16 heteroatoms. The Morgan fingerprint density at radius 1 is 1.09 bits per heavy atom. The molecule has 0 aliphatic heterocycles. The molecule has 33 heavy (non-hydrogen) atoms. The first-order valence-electron chi connectivity index (χ1n) is 8.73. The van der Waals surface area contributed by atoms with Crippen LogP contribution in [0.25, 0.3) is 0 Å². The van der Waals surface area contributed by atoms with Gasteiger partial charge in [-0.3, -0.25) is 20.2 Å². The van der Waals surface area contributed by atoms with Crippen molar-refractivity contribution in [3.8, 4) is 5.75 Å². The first kappa shape index (κ1) is 25.9. The molecule has 2 rings (SSSR count). The fraction of sp³-hybridized carbons (Fsp3) is 0.353. The zero-order chi connectivity index (χ0) is 25.3. The molecule has 0 bridgehead atoms. The highest BCUT2D eigenvalue weighted by Gasteiger charge is 2.44. The van der Waals surface area contributed by atoms with Gasteiger partial charge in [0, 0.05) is 12.3 Å². The lowest BCUT2D eigenvalue weighted by atomic mass is 10.1. The van der Waals surface area contributed by atoms with Gasteiger partial charge in [0.05, 0.1) is 27.0 Å². The van der Waals surface area contributed by atoms with Gasteiger partial charge in [0.2, 0.25) is 11.4 Å². The molecule has 1 aromatic carbocycles. The Morgan fingerprint density at radius 2 is 1.70 bits per heavy atom. The molecule has 1 heterocycles. The van der Waals surface area contributed by atoms with Crippen molar-refractivity contribution in [2.45, 2.75) is 26.2 Å². The van der Waals surface area contributed by atoms with E-state index in [0.29, 0.717) is 6.07 Å². The number of nitro benzene ring substituents is 2. The first-order valence-corrected chi connectivity index (χ1v) is 9.11. The van der Waals surface area contributed by atoms with Crippen LogP contribution in [-0.2, 0) is 12.4 Å². The molecule has 0 aliphatic rings. The van der Waals surface area contributed by atoms with Gasteiger partial charge in [0.25, 0.3) is 0 Å². The maximum Gasteiger partial charge on any atom is 0.420 e. The molecule has 1 aromatic heterocycles. The Kier molecular flexibility index (Phi) is 7.26. The van der Waals surface area contributed by atoms with Crippen molar-refractivity contribution < 1.29 is 40.9 Å². The molecule has 180 valence electrons. The van der Waals surface area contributed by atoms with Gasteiger partial charge in [-0.15, -0.1) is 0 Å². The van der Waals surface area contributed by atoms with Crippen LogP contribution >= 0.6 is 11.6 Å². The lowest BCUT2D eigenvalue weighted by Crippen LogP contribution is -2.15. The quantitative estimate of drug-likeness (QED) is 0.265. The summed E-state index contributed by atoms with van der Waals surface area (Å²) >= 11 is 5.72. The van der Waals surface area contributed by atoms with Crippen LogP contribution in [0.5, 0.6) is 5.75 Å². The largest absolute Gasteiger partial charge is 0.486 e. The number of anilines is 2. The van der Waals surface area contributed by atoms with E-state index in [9.17, 15) is 46.6 Å². The Balaban J connectivity index is 2.81. The minimum Gasteiger partial charge on any atom is -0.486 e. The third kappa shape index (κ3) is 5.91. The van der Waals surface area contributed by atoms with Gasteiger partial charge in [-0.25, -0.2) is 4.98 Å². The number of benzene rings is 1. The molecule has 0 fully saturated rings. The Hall–Kier alpha value is -3.36. The lowest BCUT2D eigenvalue weighted by molar-refractivity contribution is -0.393. The van der Waals surface area contributed by atoms with Crippen molar-refractivity contribution in [1.29, 1.82) is 0 Å². The van der Waals surface area contributed by atoms with E-state index in [4.69, 9.17) is 16.3 Å². The number of hydrogen-bond acceptors (Lipinski definition) is 7. The summed E-state index contributed by atoms with van der Waals surface area (Å²) in [6.07, 6.45) is -9.84. The van der Waals surface area contributed by atoms with Crippen LogP contribution < -0.4 is 10.1 Å². The van der Waals surface area contributed by atoms with Gasteiger partial charge < -0.3 is 10.1 Å². The number of halogens is 7. The van der Waals surface area contributed by atoms with E-state index in [0.717, 1.165) is 0 Å². The summed E-state index contributed by atoms with van der Waals surface area (Å²) in [4.78, 5) is 23.8. The summed E-state index contributed by atoms with van der Waals surface area (Å²) in [7, 11) is 0. The molecule has 0 unspecified atom stereocenters. The summed E-state index contributed by atoms with van der Waals surface area (Å²) in [6, 6.07) is 0.401. The van der Waals surface area contributed by atoms with Gasteiger partial charge in [-0.1, -0.05) is 25.4 Å². The highest BCUT2D eigenvalue weighted by atomic mass is 35.5. The number of pyridine rings is 1. The number of nitrogens with zero attached hydrogens (tertiary/aromatic N) is 3. The number of rotatable bonds is 7. The minimum atomic E-state index is -5.27. The average molecular weight is 503 g/mol. The molecule has 0 spiro atoms. The second-order valence-corrected chi connectivity index (χ2v) is 7.30. The molecule has 0 radical (unpaired) electrons. The van der Waals surface area contributed by atoms with Crippen molar-refractivity contribution in [3.63, 3.8) is 0 Å². The van der Waals surface area contributed by atoms with E-state index in [1.165, 1.54) is 13.8 Å². The summed E-state index contributed by atoms with van der Waals surface area (Å²) in [5.41, 5.74) is -7.04. The molecule has 9 nitrogen and oxygen atoms in total. The summed E-state index contributed by atoms with van der Waals surface area (Å²) in [5, 5.41) is 24.4. The van der Waals surface area contributed by atoms with E-state index in [1.807, 2.05) is 5.32 Å². The van der Waals surface area contributed by atoms with Crippen molar-refractivity contribution >= 4 is 34.5 Å². The van der Waals surface area contributed by atoms with E-state index in [1.54, 1.807) is 0 Å². The topological polar surface area (TPSA) is 120 Å². The zero-order valence-corrected chi connectivity index (χ0v) is 17.3. The molecular formula is C17H13ClF6N4O5. The molecule has 0 amide bonds.